The molecule has 3 heterocycles. The van der Waals surface area contributed by atoms with E-state index in [1.807, 2.05) is 65.2 Å². The van der Waals surface area contributed by atoms with Crippen LogP contribution in [0.3, 0.4) is 0 Å². The second-order valence-electron chi connectivity index (χ2n) is 7.81. The second kappa shape index (κ2) is 10.2. The van der Waals surface area contributed by atoms with E-state index >= 15 is 0 Å². The lowest BCUT2D eigenvalue weighted by Gasteiger charge is -2.22. The SMILES string of the molecule is O[C@H]1[C@@H](OCc2ccccc2)[C@H](COCc2ccccc2)S[C@@H]1n1cnc2c(Cl)ncnc21. The predicted octanol–water partition coefficient (Wildman–Crippen LogP) is 4.26. The molecule has 0 unspecified atom stereocenters. The molecule has 1 N–H and O–H groups in total. The van der Waals surface area contributed by atoms with Crippen LogP contribution in [0, 0.1) is 0 Å². The Morgan fingerprint density at radius 3 is 2.36 bits per heavy atom. The van der Waals surface area contributed by atoms with Gasteiger partial charge < -0.3 is 14.6 Å². The summed E-state index contributed by atoms with van der Waals surface area (Å²) in [5.41, 5.74) is 3.25. The van der Waals surface area contributed by atoms with Crippen molar-refractivity contribution in [2.75, 3.05) is 6.61 Å². The maximum Gasteiger partial charge on any atom is 0.165 e. The van der Waals surface area contributed by atoms with Gasteiger partial charge in [-0.05, 0) is 11.1 Å². The number of imidazole rings is 1. The molecule has 0 spiro atoms. The number of aromatic nitrogens is 4. The van der Waals surface area contributed by atoms with Gasteiger partial charge in [0, 0.05) is 0 Å². The molecule has 170 valence electrons. The van der Waals surface area contributed by atoms with Crippen LogP contribution in [0.5, 0.6) is 0 Å². The van der Waals surface area contributed by atoms with Gasteiger partial charge in [-0.2, -0.15) is 0 Å². The van der Waals surface area contributed by atoms with Crippen LogP contribution in [-0.4, -0.2) is 48.7 Å². The number of hydrogen-bond acceptors (Lipinski definition) is 7. The third-order valence-electron chi connectivity index (χ3n) is 5.58. The molecule has 0 radical (unpaired) electrons. The lowest BCUT2D eigenvalue weighted by molar-refractivity contribution is -0.0547. The summed E-state index contributed by atoms with van der Waals surface area (Å²) in [6.07, 6.45) is 1.84. The van der Waals surface area contributed by atoms with Crippen molar-refractivity contribution in [2.45, 2.75) is 36.0 Å². The fraction of sp³-hybridized carbons (Fsp3) is 0.292. The van der Waals surface area contributed by atoms with Crippen molar-refractivity contribution in [3.63, 3.8) is 0 Å². The number of benzene rings is 2. The first-order valence-corrected chi connectivity index (χ1v) is 12.0. The number of aliphatic hydroxyl groups excluding tert-OH is 1. The molecule has 33 heavy (non-hydrogen) atoms. The van der Waals surface area contributed by atoms with Crippen molar-refractivity contribution in [3.8, 4) is 0 Å². The van der Waals surface area contributed by atoms with Crippen LogP contribution < -0.4 is 0 Å². The predicted molar refractivity (Wildman–Crippen MR) is 128 cm³/mol. The van der Waals surface area contributed by atoms with Gasteiger partial charge in [0.05, 0.1) is 31.4 Å². The summed E-state index contributed by atoms with van der Waals surface area (Å²) in [4.78, 5) is 12.7. The van der Waals surface area contributed by atoms with Crippen LogP contribution in [0.1, 0.15) is 16.5 Å². The van der Waals surface area contributed by atoms with Crippen molar-refractivity contribution in [1.29, 1.82) is 0 Å². The maximum absolute atomic E-state index is 11.3. The first-order valence-electron chi connectivity index (χ1n) is 10.6. The molecule has 1 aliphatic heterocycles. The van der Waals surface area contributed by atoms with Gasteiger partial charge in [0.15, 0.2) is 10.8 Å². The Morgan fingerprint density at radius 2 is 1.64 bits per heavy atom. The van der Waals surface area contributed by atoms with Crippen LogP contribution in [0.25, 0.3) is 11.2 Å². The van der Waals surface area contributed by atoms with Gasteiger partial charge in [0.2, 0.25) is 0 Å². The summed E-state index contributed by atoms with van der Waals surface area (Å²) >= 11 is 7.77. The van der Waals surface area contributed by atoms with Gasteiger partial charge in [0.1, 0.15) is 29.4 Å². The minimum Gasteiger partial charge on any atom is -0.387 e. The molecule has 1 aliphatic rings. The summed E-state index contributed by atoms with van der Waals surface area (Å²) < 4.78 is 14.1. The van der Waals surface area contributed by atoms with Crippen molar-refractivity contribution >= 4 is 34.5 Å². The van der Waals surface area contributed by atoms with Crippen LogP contribution in [0.2, 0.25) is 5.15 Å². The molecule has 1 saturated heterocycles. The first kappa shape index (κ1) is 22.3. The average molecular weight is 483 g/mol. The zero-order chi connectivity index (χ0) is 22.6. The van der Waals surface area contributed by atoms with E-state index in [-0.39, 0.29) is 15.8 Å². The van der Waals surface area contributed by atoms with Gasteiger partial charge in [-0.15, -0.1) is 11.8 Å². The summed E-state index contributed by atoms with van der Waals surface area (Å²) in [7, 11) is 0. The first-order chi connectivity index (χ1) is 16.2. The summed E-state index contributed by atoms with van der Waals surface area (Å²) in [6, 6.07) is 20.0. The Labute approximate surface area is 200 Å². The van der Waals surface area contributed by atoms with Gasteiger partial charge in [-0.1, -0.05) is 72.3 Å². The van der Waals surface area contributed by atoms with E-state index in [4.69, 9.17) is 21.1 Å². The summed E-state index contributed by atoms with van der Waals surface area (Å²) in [5, 5.41) is 11.2. The molecule has 9 heteroatoms. The van der Waals surface area contributed by atoms with Crippen LogP contribution in [0.4, 0.5) is 0 Å². The summed E-state index contributed by atoms with van der Waals surface area (Å²) in [6.45, 7) is 1.35. The van der Waals surface area contributed by atoms with Crippen LogP contribution in [-0.2, 0) is 22.7 Å². The van der Waals surface area contributed by atoms with E-state index in [9.17, 15) is 5.11 Å². The third-order valence-corrected chi connectivity index (χ3v) is 7.39. The molecule has 0 amide bonds. The molecule has 7 nitrogen and oxygen atoms in total. The number of fused-ring (bicyclic) bond motifs is 1. The molecule has 0 bridgehead atoms. The topological polar surface area (TPSA) is 82.3 Å². The molecular formula is C24H23ClN4O3S. The molecular weight excluding hydrogens is 460 g/mol. The summed E-state index contributed by atoms with van der Waals surface area (Å²) in [5.74, 6) is 0. The molecule has 0 saturated carbocycles. The number of thioether (sulfide) groups is 1. The van der Waals surface area contributed by atoms with Crippen molar-refractivity contribution in [2.24, 2.45) is 0 Å². The normalized spacial score (nSPS) is 22.7. The van der Waals surface area contributed by atoms with E-state index in [0.717, 1.165) is 11.1 Å². The third kappa shape index (κ3) is 4.90. The molecule has 2 aromatic heterocycles. The lowest BCUT2D eigenvalue weighted by atomic mass is 10.1. The van der Waals surface area contributed by atoms with E-state index < -0.39 is 12.2 Å². The second-order valence-corrected chi connectivity index (χ2v) is 9.52. The maximum atomic E-state index is 11.3. The molecule has 0 aliphatic carbocycles. The standard InChI is InChI=1S/C24H23ClN4O3S/c25-22-19-23(27-14-26-22)29(15-28-19)24-20(30)21(32-12-17-9-5-2-6-10-17)18(33-24)13-31-11-16-7-3-1-4-8-16/h1-10,14-15,18,20-21,24,30H,11-13H2/t18-,20-,21-,24-/m0/s1. The van der Waals surface area contributed by atoms with Gasteiger partial charge >= 0.3 is 0 Å². The highest BCUT2D eigenvalue weighted by atomic mass is 35.5. The van der Waals surface area contributed by atoms with Crippen LogP contribution in [0.15, 0.2) is 73.3 Å². The number of hydrogen-bond donors (Lipinski definition) is 1. The van der Waals surface area contributed by atoms with Gasteiger partial charge in [0.25, 0.3) is 0 Å². The number of halogens is 1. The van der Waals surface area contributed by atoms with Crippen LogP contribution >= 0.6 is 23.4 Å². The Balaban J connectivity index is 1.35. The fourth-order valence-corrected chi connectivity index (χ4v) is 5.64. The zero-order valence-electron chi connectivity index (χ0n) is 17.7. The number of aliphatic hydroxyl groups is 1. The fourth-order valence-electron chi connectivity index (χ4n) is 3.93. The van der Waals surface area contributed by atoms with E-state index in [1.54, 1.807) is 18.1 Å². The molecule has 4 atom stereocenters. The van der Waals surface area contributed by atoms with Crippen molar-refractivity contribution in [1.82, 2.24) is 19.5 Å². The number of nitrogens with zero attached hydrogens (tertiary/aromatic N) is 4. The quantitative estimate of drug-likeness (QED) is 0.376. The lowest BCUT2D eigenvalue weighted by Crippen LogP contribution is -2.36. The van der Waals surface area contributed by atoms with Gasteiger partial charge in [-0.3, -0.25) is 4.57 Å². The Hall–Kier alpha value is -2.49. The Morgan fingerprint density at radius 1 is 0.939 bits per heavy atom. The molecule has 1 fully saturated rings. The smallest absolute Gasteiger partial charge is 0.165 e. The monoisotopic (exact) mass is 482 g/mol. The zero-order valence-corrected chi connectivity index (χ0v) is 19.3. The molecule has 2 aromatic carbocycles. The highest BCUT2D eigenvalue weighted by Crippen LogP contribution is 2.45. The Bertz CT molecular complexity index is 1190. The van der Waals surface area contributed by atoms with Crippen molar-refractivity contribution < 1.29 is 14.6 Å². The molecule has 5 rings (SSSR count). The number of rotatable bonds is 8. The van der Waals surface area contributed by atoms with E-state index in [2.05, 4.69) is 15.0 Å². The van der Waals surface area contributed by atoms with Crippen molar-refractivity contribution in [3.05, 3.63) is 89.6 Å². The average Bonchev–Trinajstić information content (AvgIpc) is 3.41. The number of ether oxygens (including phenoxy) is 2. The highest BCUT2D eigenvalue weighted by Gasteiger charge is 2.45. The van der Waals surface area contributed by atoms with Gasteiger partial charge in [-0.25, -0.2) is 15.0 Å². The minimum absolute atomic E-state index is 0.0767. The largest absolute Gasteiger partial charge is 0.387 e. The highest BCUT2D eigenvalue weighted by molar-refractivity contribution is 8.00. The molecule has 4 aromatic rings. The minimum atomic E-state index is -0.782. The van der Waals surface area contributed by atoms with E-state index in [0.29, 0.717) is 31.0 Å². The Kier molecular flexibility index (Phi) is 6.89. The van der Waals surface area contributed by atoms with E-state index in [1.165, 1.54) is 6.33 Å².